The van der Waals surface area contributed by atoms with Crippen LogP contribution in [0.15, 0.2) is 60.7 Å². The summed E-state index contributed by atoms with van der Waals surface area (Å²) in [6.45, 7) is 0. The molecule has 0 aliphatic heterocycles. The number of carboxylic acid groups (broad SMARTS) is 1. The molecular formula is C19H20O4. The average molecular weight is 312 g/mol. The first kappa shape index (κ1) is 16.6. The summed E-state index contributed by atoms with van der Waals surface area (Å²) in [7, 11) is 3.26. The van der Waals surface area contributed by atoms with E-state index in [-0.39, 0.29) is 5.92 Å². The van der Waals surface area contributed by atoms with Crippen LogP contribution in [0.4, 0.5) is 0 Å². The maximum atomic E-state index is 10.7. The highest BCUT2D eigenvalue weighted by molar-refractivity contribution is 5.79. The van der Waals surface area contributed by atoms with E-state index >= 15 is 0 Å². The number of benzene rings is 2. The molecule has 4 nitrogen and oxygen atoms in total. The Bertz CT molecular complexity index is 609. The van der Waals surface area contributed by atoms with Gasteiger partial charge >= 0.3 is 5.97 Å². The third-order valence-corrected chi connectivity index (χ3v) is 3.67. The van der Waals surface area contributed by atoms with Gasteiger partial charge in [0.25, 0.3) is 0 Å². The number of ether oxygens (including phenoxy) is 2. The normalized spacial score (nSPS) is 10.9. The third kappa shape index (κ3) is 4.61. The summed E-state index contributed by atoms with van der Waals surface area (Å²) in [6, 6.07) is 15.6. The van der Waals surface area contributed by atoms with Crippen LogP contribution in [0, 0.1) is 0 Å². The van der Waals surface area contributed by atoms with E-state index in [4.69, 9.17) is 14.6 Å². The van der Waals surface area contributed by atoms with Crippen molar-refractivity contribution >= 4 is 5.97 Å². The Labute approximate surface area is 136 Å². The molecule has 0 aliphatic carbocycles. The monoisotopic (exact) mass is 312 g/mol. The number of hydrogen-bond donors (Lipinski definition) is 1. The van der Waals surface area contributed by atoms with Crippen LogP contribution in [-0.4, -0.2) is 25.3 Å². The quantitative estimate of drug-likeness (QED) is 0.789. The van der Waals surface area contributed by atoms with Crippen molar-refractivity contribution in [2.75, 3.05) is 14.2 Å². The molecule has 0 unspecified atom stereocenters. The predicted octanol–water partition coefficient (Wildman–Crippen LogP) is 3.87. The van der Waals surface area contributed by atoms with E-state index in [2.05, 4.69) is 0 Å². The van der Waals surface area contributed by atoms with Gasteiger partial charge < -0.3 is 14.6 Å². The van der Waals surface area contributed by atoms with Gasteiger partial charge in [0.05, 0.1) is 14.2 Å². The SMILES string of the molecule is COc1ccc(C(CC=CC(=O)O)c2ccc(OC)cc2)cc1. The van der Waals surface area contributed by atoms with E-state index in [1.165, 1.54) is 6.08 Å². The van der Waals surface area contributed by atoms with Crippen molar-refractivity contribution < 1.29 is 19.4 Å². The van der Waals surface area contributed by atoms with Crippen LogP contribution in [-0.2, 0) is 4.79 Å². The number of carbonyl (C=O) groups is 1. The van der Waals surface area contributed by atoms with Crippen LogP contribution < -0.4 is 9.47 Å². The van der Waals surface area contributed by atoms with Gasteiger partial charge in [0.2, 0.25) is 0 Å². The molecule has 23 heavy (non-hydrogen) atoms. The Morgan fingerprint density at radius 3 is 1.74 bits per heavy atom. The number of allylic oxidation sites excluding steroid dienone is 1. The zero-order valence-corrected chi connectivity index (χ0v) is 13.2. The molecule has 0 aliphatic rings. The van der Waals surface area contributed by atoms with Crippen LogP contribution in [0.5, 0.6) is 11.5 Å². The van der Waals surface area contributed by atoms with E-state index in [1.807, 2.05) is 48.5 Å². The summed E-state index contributed by atoms with van der Waals surface area (Å²) in [4.78, 5) is 10.7. The summed E-state index contributed by atoms with van der Waals surface area (Å²) >= 11 is 0. The van der Waals surface area contributed by atoms with Gasteiger partial charge in [0, 0.05) is 12.0 Å². The molecule has 4 heteroatoms. The van der Waals surface area contributed by atoms with Crippen molar-refractivity contribution in [1.29, 1.82) is 0 Å². The molecule has 2 aromatic rings. The van der Waals surface area contributed by atoms with Crippen LogP contribution in [0.25, 0.3) is 0 Å². The largest absolute Gasteiger partial charge is 0.497 e. The molecule has 120 valence electrons. The van der Waals surface area contributed by atoms with Gasteiger partial charge in [-0.3, -0.25) is 0 Å². The van der Waals surface area contributed by atoms with Gasteiger partial charge in [-0.1, -0.05) is 30.3 Å². The van der Waals surface area contributed by atoms with Crippen molar-refractivity contribution in [3.05, 3.63) is 71.8 Å². The summed E-state index contributed by atoms with van der Waals surface area (Å²) in [5, 5.41) is 8.78. The molecule has 2 rings (SSSR count). The van der Waals surface area contributed by atoms with Gasteiger partial charge in [-0.05, 0) is 41.8 Å². The Morgan fingerprint density at radius 2 is 1.39 bits per heavy atom. The minimum absolute atomic E-state index is 0.0717. The van der Waals surface area contributed by atoms with E-state index < -0.39 is 5.97 Å². The maximum Gasteiger partial charge on any atom is 0.327 e. The molecule has 0 saturated carbocycles. The van der Waals surface area contributed by atoms with Gasteiger partial charge in [-0.2, -0.15) is 0 Å². The predicted molar refractivity (Wildman–Crippen MR) is 89.2 cm³/mol. The zero-order valence-electron chi connectivity index (χ0n) is 13.2. The van der Waals surface area contributed by atoms with Gasteiger partial charge in [-0.25, -0.2) is 4.79 Å². The van der Waals surface area contributed by atoms with Crippen LogP contribution in [0.2, 0.25) is 0 Å². The number of carboxylic acids is 1. The van der Waals surface area contributed by atoms with Crippen LogP contribution in [0.3, 0.4) is 0 Å². The minimum atomic E-state index is -0.937. The third-order valence-electron chi connectivity index (χ3n) is 3.67. The molecule has 2 aromatic carbocycles. The molecule has 0 radical (unpaired) electrons. The number of aliphatic carboxylic acids is 1. The topological polar surface area (TPSA) is 55.8 Å². The Hall–Kier alpha value is -2.75. The Balaban J connectivity index is 2.30. The molecule has 0 atom stereocenters. The van der Waals surface area contributed by atoms with E-state index in [9.17, 15) is 4.79 Å². The Kier molecular flexibility index (Phi) is 5.80. The molecule has 0 aromatic heterocycles. The number of hydrogen-bond acceptors (Lipinski definition) is 3. The second-order valence-electron chi connectivity index (χ2n) is 5.08. The van der Waals surface area contributed by atoms with Gasteiger partial charge in [0.1, 0.15) is 11.5 Å². The van der Waals surface area contributed by atoms with Gasteiger partial charge in [0.15, 0.2) is 0 Å². The average Bonchev–Trinajstić information content (AvgIpc) is 2.59. The standard InChI is InChI=1S/C19H20O4/c1-22-16-10-6-14(7-11-16)18(4-3-5-19(20)21)15-8-12-17(23-2)13-9-15/h3,5-13,18H,4H2,1-2H3,(H,20,21). The molecule has 1 N–H and O–H groups in total. The van der Waals surface area contributed by atoms with Crippen molar-refractivity contribution in [1.82, 2.24) is 0 Å². The highest BCUT2D eigenvalue weighted by Crippen LogP contribution is 2.30. The van der Waals surface area contributed by atoms with Gasteiger partial charge in [-0.15, -0.1) is 0 Å². The summed E-state index contributed by atoms with van der Waals surface area (Å²) in [5.74, 6) is 0.724. The lowest BCUT2D eigenvalue weighted by atomic mass is 9.88. The lowest BCUT2D eigenvalue weighted by Gasteiger charge is -2.17. The first-order valence-corrected chi connectivity index (χ1v) is 7.31. The summed E-state index contributed by atoms with van der Waals surface area (Å²) in [6.07, 6.45) is 3.46. The molecule has 0 spiro atoms. The van der Waals surface area contributed by atoms with Crippen molar-refractivity contribution in [3.63, 3.8) is 0 Å². The molecule has 0 bridgehead atoms. The molecule has 0 amide bonds. The smallest absolute Gasteiger partial charge is 0.327 e. The number of rotatable bonds is 7. The summed E-state index contributed by atoms with van der Waals surface area (Å²) < 4.78 is 10.4. The van der Waals surface area contributed by atoms with E-state index in [0.29, 0.717) is 6.42 Å². The van der Waals surface area contributed by atoms with Crippen molar-refractivity contribution in [2.24, 2.45) is 0 Å². The second-order valence-corrected chi connectivity index (χ2v) is 5.08. The number of methoxy groups -OCH3 is 2. The highest BCUT2D eigenvalue weighted by atomic mass is 16.5. The highest BCUT2D eigenvalue weighted by Gasteiger charge is 2.13. The molecular weight excluding hydrogens is 292 g/mol. The van der Waals surface area contributed by atoms with Crippen molar-refractivity contribution in [3.8, 4) is 11.5 Å². The first-order valence-electron chi connectivity index (χ1n) is 7.31. The first-order chi connectivity index (χ1) is 11.1. The van der Waals surface area contributed by atoms with E-state index in [1.54, 1.807) is 20.3 Å². The fourth-order valence-corrected chi connectivity index (χ4v) is 2.44. The maximum absolute atomic E-state index is 10.7. The summed E-state index contributed by atoms with van der Waals surface area (Å²) in [5.41, 5.74) is 2.21. The second kappa shape index (κ2) is 8.03. The zero-order chi connectivity index (χ0) is 16.7. The van der Waals surface area contributed by atoms with Crippen LogP contribution >= 0.6 is 0 Å². The molecule has 0 saturated heterocycles. The van der Waals surface area contributed by atoms with Crippen molar-refractivity contribution in [2.45, 2.75) is 12.3 Å². The minimum Gasteiger partial charge on any atom is -0.497 e. The fourth-order valence-electron chi connectivity index (χ4n) is 2.44. The van der Waals surface area contributed by atoms with E-state index in [0.717, 1.165) is 22.6 Å². The lowest BCUT2D eigenvalue weighted by molar-refractivity contribution is -0.131. The Morgan fingerprint density at radius 1 is 0.957 bits per heavy atom. The lowest BCUT2D eigenvalue weighted by Crippen LogP contribution is -2.01. The molecule has 0 heterocycles. The van der Waals surface area contributed by atoms with Crippen LogP contribution in [0.1, 0.15) is 23.5 Å². The molecule has 0 fully saturated rings. The fraction of sp³-hybridized carbons (Fsp3) is 0.211.